The van der Waals surface area contributed by atoms with Crippen LogP contribution in [0.5, 0.6) is 0 Å². The van der Waals surface area contributed by atoms with Gasteiger partial charge in [-0.15, -0.1) is 11.3 Å². The van der Waals surface area contributed by atoms with Crippen LogP contribution in [0.15, 0.2) is 28.1 Å². The topological polar surface area (TPSA) is 86.7 Å². The number of allylic oxidation sites excluding steroid dienone is 1. The first kappa shape index (κ1) is 16.4. The second kappa shape index (κ2) is 6.18. The number of hydrogen-bond donors (Lipinski definition) is 2. The first-order valence-electron chi connectivity index (χ1n) is 7.16. The summed E-state index contributed by atoms with van der Waals surface area (Å²) in [7, 11) is 0. The molecular weight excluding hydrogens is 384 g/mol. The van der Waals surface area contributed by atoms with Crippen LogP contribution in [0.25, 0.3) is 0 Å². The van der Waals surface area contributed by atoms with E-state index in [1.165, 1.54) is 16.2 Å². The van der Waals surface area contributed by atoms with E-state index >= 15 is 0 Å². The number of rotatable bonds is 4. The van der Waals surface area contributed by atoms with Gasteiger partial charge in [-0.2, -0.15) is 0 Å². The van der Waals surface area contributed by atoms with Crippen LogP contribution in [0.4, 0.5) is 0 Å². The molecule has 8 heteroatoms. The number of carbonyl (C=O) groups is 3. The van der Waals surface area contributed by atoms with Crippen molar-refractivity contribution in [2.75, 3.05) is 6.54 Å². The SMILES string of the molecule is C/C=C/CN1C(=O)C2C(C(=O)O)NC(c3ccc(Br)s3)C2C1=O. The van der Waals surface area contributed by atoms with Crippen molar-refractivity contribution in [3.8, 4) is 0 Å². The minimum Gasteiger partial charge on any atom is -0.480 e. The molecule has 0 spiro atoms. The molecule has 2 aliphatic rings. The maximum Gasteiger partial charge on any atom is 0.321 e. The molecule has 122 valence electrons. The number of carbonyl (C=O) groups excluding carboxylic acids is 2. The third-order valence-corrected chi connectivity index (χ3v) is 5.96. The van der Waals surface area contributed by atoms with E-state index in [1.54, 1.807) is 19.1 Å². The quantitative estimate of drug-likeness (QED) is 0.596. The van der Waals surface area contributed by atoms with Gasteiger partial charge in [0, 0.05) is 11.4 Å². The number of carboxylic acid groups (broad SMARTS) is 1. The largest absolute Gasteiger partial charge is 0.480 e. The Labute approximate surface area is 145 Å². The smallest absolute Gasteiger partial charge is 0.321 e. The summed E-state index contributed by atoms with van der Waals surface area (Å²) in [6, 6.07) is 2.20. The third kappa shape index (κ3) is 2.64. The molecule has 0 radical (unpaired) electrons. The number of nitrogens with zero attached hydrogens (tertiary/aromatic N) is 1. The van der Waals surface area contributed by atoms with E-state index < -0.39 is 35.8 Å². The van der Waals surface area contributed by atoms with E-state index in [0.717, 1.165) is 8.66 Å². The molecule has 2 amide bonds. The summed E-state index contributed by atoms with van der Waals surface area (Å²) >= 11 is 4.81. The second-order valence-corrected chi connectivity index (χ2v) is 8.00. The van der Waals surface area contributed by atoms with Crippen molar-refractivity contribution in [1.29, 1.82) is 0 Å². The Balaban J connectivity index is 1.98. The molecule has 4 atom stereocenters. The van der Waals surface area contributed by atoms with Crippen molar-refractivity contribution in [1.82, 2.24) is 10.2 Å². The number of likely N-dealkylation sites (tertiary alicyclic amines) is 1. The van der Waals surface area contributed by atoms with Gasteiger partial charge < -0.3 is 5.11 Å². The van der Waals surface area contributed by atoms with Crippen molar-refractivity contribution in [3.05, 3.63) is 32.9 Å². The molecule has 2 saturated heterocycles. The lowest BCUT2D eigenvalue weighted by Crippen LogP contribution is -2.43. The number of carboxylic acids is 1. The van der Waals surface area contributed by atoms with Gasteiger partial charge in [-0.1, -0.05) is 12.2 Å². The lowest BCUT2D eigenvalue weighted by atomic mass is 9.89. The first-order chi connectivity index (χ1) is 11.0. The molecule has 1 aromatic rings. The van der Waals surface area contributed by atoms with E-state index in [2.05, 4.69) is 21.2 Å². The summed E-state index contributed by atoms with van der Waals surface area (Å²) in [6.07, 6.45) is 3.48. The zero-order valence-corrected chi connectivity index (χ0v) is 14.6. The van der Waals surface area contributed by atoms with Gasteiger partial charge in [0.05, 0.1) is 21.7 Å². The van der Waals surface area contributed by atoms with Gasteiger partial charge in [0.25, 0.3) is 0 Å². The average molecular weight is 399 g/mol. The van der Waals surface area contributed by atoms with Gasteiger partial charge in [-0.05, 0) is 35.0 Å². The molecule has 2 aliphatic heterocycles. The van der Waals surface area contributed by atoms with E-state index in [-0.39, 0.29) is 12.5 Å². The molecule has 4 unspecified atom stereocenters. The number of amides is 2. The number of fused-ring (bicyclic) bond motifs is 1. The van der Waals surface area contributed by atoms with Gasteiger partial charge in [0.1, 0.15) is 6.04 Å². The predicted octanol–water partition coefficient (Wildman–Crippen LogP) is 1.79. The highest BCUT2D eigenvalue weighted by molar-refractivity contribution is 9.11. The normalized spacial score (nSPS) is 30.4. The fourth-order valence-electron chi connectivity index (χ4n) is 3.25. The zero-order chi connectivity index (χ0) is 16.7. The maximum absolute atomic E-state index is 12.7. The first-order valence-corrected chi connectivity index (χ1v) is 8.77. The van der Waals surface area contributed by atoms with Crippen molar-refractivity contribution < 1.29 is 19.5 Å². The Morgan fingerprint density at radius 2 is 2.09 bits per heavy atom. The standard InChI is InChI=1S/C15H15BrN2O4S/c1-2-3-6-18-13(19)9-10(14(18)20)12(15(21)22)17-11(9)7-4-5-8(16)23-7/h2-5,9-12,17H,6H2,1H3,(H,21,22)/b3-2+. The summed E-state index contributed by atoms with van der Waals surface area (Å²) in [5, 5.41) is 12.4. The Morgan fingerprint density at radius 3 is 2.65 bits per heavy atom. The highest BCUT2D eigenvalue weighted by Crippen LogP contribution is 2.45. The van der Waals surface area contributed by atoms with Crippen LogP contribution in [0, 0.1) is 11.8 Å². The van der Waals surface area contributed by atoms with E-state index in [1.807, 2.05) is 12.1 Å². The number of thiophene rings is 1. The van der Waals surface area contributed by atoms with Crippen molar-refractivity contribution >= 4 is 45.1 Å². The third-order valence-electron chi connectivity index (χ3n) is 4.26. The molecule has 0 bridgehead atoms. The predicted molar refractivity (Wildman–Crippen MR) is 87.8 cm³/mol. The minimum atomic E-state index is -1.10. The van der Waals surface area contributed by atoms with Crippen molar-refractivity contribution in [2.45, 2.75) is 19.0 Å². The summed E-state index contributed by atoms with van der Waals surface area (Å²) in [5.41, 5.74) is 0. The molecule has 0 aromatic carbocycles. The highest BCUT2D eigenvalue weighted by atomic mass is 79.9. The monoisotopic (exact) mass is 398 g/mol. The minimum absolute atomic E-state index is 0.189. The van der Waals surface area contributed by atoms with Crippen molar-refractivity contribution in [3.63, 3.8) is 0 Å². The summed E-state index contributed by atoms with van der Waals surface area (Å²) in [4.78, 5) is 38.8. The molecular formula is C15H15BrN2O4S. The van der Waals surface area contributed by atoms with Crippen LogP contribution < -0.4 is 5.32 Å². The fraction of sp³-hybridized carbons (Fsp3) is 0.400. The van der Waals surface area contributed by atoms with Gasteiger partial charge in [-0.25, -0.2) is 0 Å². The van der Waals surface area contributed by atoms with Crippen LogP contribution in [0.3, 0.4) is 0 Å². The molecule has 2 N–H and O–H groups in total. The van der Waals surface area contributed by atoms with E-state index in [4.69, 9.17) is 0 Å². The lowest BCUT2D eigenvalue weighted by Gasteiger charge is -2.19. The number of imide groups is 1. The number of halogens is 1. The summed E-state index contributed by atoms with van der Waals surface area (Å²) < 4.78 is 0.896. The molecule has 3 rings (SSSR count). The molecule has 2 fully saturated rings. The van der Waals surface area contributed by atoms with E-state index in [9.17, 15) is 19.5 Å². The second-order valence-electron chi connectivity index (χ2n) is 5.51. The van der Waals surface area contributed by atoms with Crippen LogP contribution >= 0.6 is 27.3 Å². The van der Waals surface area contributed by atoms with Crippen LogP contribution in [-0.2, 0) is 14.4 Å². The Hall–Kier alpha value is -1.51. The fourth-order valence-corrected chi connectivity index (χ4v) is 4.78. The maximum atomic E-state index is 12.7. The molecule has 0 aliphatic carbocycles. The van der Waals surface area contributed by atoms with Crippen LogP contribution in [0.2, 0.25) is 0 Å². The number of hydrogen-bond acceptors (Lipinski definition) is 5. The summed E-state index contributed by atoms with van der Waals surface area (Å²) in [6.45, 7) is 1.99. The van der Waals surface area contributed by atoms with E-state index in [0.29, 0.717) is 0 Å². The lowest BCUT2D eigenvalue weighted by molar-refractivity contribution is -0.145. The molecule has 3 heterocycles. The Kier molecular flexibility index (Phi) is 4.39. The molecule has 23 heavy (non-hydrogen) atoms. The van der Waals surface area contributed by atoms with Gasteiger partial charge in [-0.3, -0.25) is 24.6 Å². The molecule has 1 aromatic heterocycles. The molecule has 6 nitrogen and oxygen atoms in total. The highest BCUT2D eigenvalue weighted by Gasteiger charge is 2.60. The summed E-state index contributed by atoms with van der Waals surface area (Å²) in [5.74, 6) is -3.33. The van der Waals surface area contributed by atoms with Crippen LogP contribution in [0.1, 0.15) is 17.8 Å². The Bertz CT molecular complexity index is 701. The number of nitrogens with one attached hydrogen (secondary N) is 1. The zero-order valence-electron chi connectivity index (χ0n) is 12.2. The van der Waals surface area contributed by atoms with Crippen molar-refractivity contribution in [2.24, 2.45) is 11.8 Å². The average Bonchev–Trinajstić information content (AvgIpc) is 3.15. The van der Waals surface area contributed by atoms with Gasteiger partial charge in [0.2, 0.25) is 11.8 Å². The van der Waals surface area contributed by atoms with Gasteiger partial charge in [0.15, 0.2) is 0 Å². The Morgan fingerprint density at radius 1 is 1.39 bits per heavy atom. The van der Waals surface area contributed by atoms with Crippen LogP contribution in [-0.4, -0.2) is 40.4 Å². The molecule has 0 saturated carbocycles. The van der Waals surface area contributed by atoms with Gasteiger partial charge >= 0.3 is 5.97 Å². The number of aliphatic carboxylic acids is 1.